The number of carboxylic acid groups (broad SMARTS) is 3. The molecule has 0 aliphatic carbocycles. The van der Waals surface area contributed by atoms with E-state index in [9.17, 15) is 19.2 Å². The fraction of sp³-hybridized carbons (Fsp3) is 0.200. The van der Waals surface area contributed by atoms with Crippen LogP contribution in [0.2, 0.25) is 0 Å². The van der Waals surface area contributed by atoms with Gasteiger partial charge in [0.1, 0.15) is 0 Å². The van der Waals surface area contributed by atoms with Crippen LogP contribution in [0, 0.1) is 0 Å². The number of carbonyl (C=O) groups is 4. The molecule has 19 heavy (non-hydrogen) atoms. The van der Waals surface area contributed by atoms with Gasteiger partial charge >= 0.3 is 23.9 Å². The summed E-state index contributed by atoms with van der Waals surface area (Å²) in [5.41, 5.74) is 1.17. The lowest BCUT2D eigenvalue weighted by molar-refractivity contribution is -0.147. The largest absolute Gasteiger partial charge is 0.478 e. The zero-order valence-electron chi connectivity index (χ0n) is 9.74. The summed E-state index contributed by atoms with van der Waals surface area (Å²) in [6.07, 6.45) is 1.04. The summed E-state index contributed by atoms with van der Waals surface area (Å²) >= 11 is 0. The highest BCUT2D eigenvalue weighted by Crippen LogP contribution is 1.97. The van der Waals surface area contributed by atoms with Crippen LogP contribution in [0.1, 0.15) is 6.92 Å². The van der Waals surface area contributed by atoms with Crippen molar-refractivity contribution in [2.24, 2.45) is 0 Å². The summed E-state index contributed by atoms with van der Waals surface area (Å²) in [6.45, 7) is 0.636. The van der Waals surface area contributed by atoms with E-state index in [0.29, 0.717) is 12.2 Å². The molecule has 104 valence electrons. The molecule has 0 rings (SSSR count). The molecule has 4 N–H and O–H groups in total. The number of hydrogen-bond acceptors (Lipinski definition) is 6. The summed E-state index contributed by atoms with van der Waals surface area (Å²) < 4.78 is 0. The second kappa shape index (κ2) is 7.61. The van der Waals surface area contributed by atoms with Crippen LogP contribution in [0.3, 0.4) is 0 Å². The summed E-state index contributed by atoms with van der Waals surface area (Å²) in [7, 11) is 0. The van der Waals surface area contributed by atoms with Crippen LogP contribution < -0.4 is 5.48 Å². The molecule has 0 spiro atoms. The van der Waals surface area contributed by atoms with Crippen molar-refractivity contribution in [2.75, 3.05) is 6.54 Å². The van der Waals surface area contributed by atoms with E-state index >= 15 is 0 Å². The lowest BCUT2D eigenvalue weighted by atomic mass is 10.2. The maximum Gasteiger partial charge on any atom is 0.352 e. The highest BCUT2D eigenvalue weighted by molar-refractivity contribution is 5.96. The van der Waals surface area contributed by atoms with Crippen molar-refractivity contribution in [3.8, 4) is 0 Å². The van der Waals surface area contributed by atoms with Crippen molar-refractivity contribution < 1.29 is 39.3 Å². The van der Waals surface area contributed by atoms with Crippen LogP contribution in [0.15, 0.2) is 23.3 Å². The molecular formula is C10H11NO8. The number of aliphatic carboxylic acids is 3. The Kier molecular flexibility index (Phi) is 6.54. The number of hydroxylamine groups is 1. The average Bonchev–Trinajstić information content (AvgIpc) is 2.25. The molecule has 9 nitrogen and oxygen atoms in total. The Bertz CT molecular complexity index is 462. The molecule has 0 aliphatic rings. The van der Waals surface area contributed by atoms with E-state index in [0.717, 1.165) is 0 Å². The Balaban J connectivity index is 4.43. The number of nitrogens with one attached hydrogen (secondary N) is 1. The van der Waals surface area contributed by atoms with Crippen molar-refractivity contribution in [1.82, 2.24) is 5.48 Å². The van der Waals surface area contributed by atoms with Gasteiger partial charge in [-0.3, -0.25) is 0 Å². The van der Waals surface area contributed by atoms with Gasteiger partial charge in [-0.25, -0.2) is 19.2 Å². The number of carboxylic acids is 3. The first kappa shape index (κ1) is 16.3. The topological polar surface area (TPSA) is 150 Å². The van der Waals surface area contributed by atoms with E-state index in [1.807, 2.05) is 5.48 Å². The molecule has 0 aromatic carbocycles. The van der Waals surface area contributed by atoms with Crippen LogP contribution in [-0.2, 0) is 24.0 Å². The molecule has 0 saturated heterocycles. The molecule has 0 fully saturated rings. The Morgan fingerprint density at radius 3 is 2.00 bits per heavy atom. The summed E-state index contributed by atoms with van der Waals surface area (Å²) in [5, 5.41) is 25.4. The molecule has 0 aromatic heterocycles. The zero-order chi connectivity index (χ0) is 15.0. The van der Waals surface area contributed by atoms with Gasteiger partial charge in [0.25, 0.3) is 0 Å². The summed E-state index contributed by atoms with van der Waals surface area (Å²) in [4.78, 5) is 46.6. The van der Waals surface area contributed by atoms with Crippen LogP contribution in [0.4, 0.5) is 0 Å². The average molecular weight is 273 g/mol. The molecule has 0 bridgehead atoms. The third-order valence-corrected chi connectivity index (χ3v) is 1.66. The molecule has 0 aromatic rings. The third kappa shape index (κ3) is 7.28. The van der Waals surface area contributed by atoms with Gasteiger partial charge in [-0.1, -0.05) is 0 Å². The predicted molar refractivity (Wildman–Crippen MR) is 58.8 cm³/mol. The molecule has 0 amide bonds. The van der Waals surface area contributed by atoms with Crippen molar-refractivity contribution >= 4 is 23.9 Å². The van der Waals surface area contributed by atoms with E-state index in [1.165, 1.54) is 6.92 Å². The maximum absolute atomic E-state index is 11.2. The van der Waals surface area contributed by atoms with Crippen LogP contribution in [0.5, 0.6) is 0 Å². The van der Waals surface area contributed by atoms with Crippen LogP contribution >= 0.6 is 0 Å². The third-order valence-electron chi connectivity index (χ3n) is 1.66. The molecule has 0 heterocycles. The van der Waals surface area contributed by atoms with Crippen molar-refractivity contribution in [2.45, 2.75) is 6.92 Å². The first-order chi connectivity index (χ1) is 8.73. The Hall–Kier alpha value is -2.68. The van der Waals surface area contributed by atoms with E-state index in [2.05, 4.69) is 4.84 Å². The fourth-order valence-corrected chi connectivity index (χ4v) is 0.841. The summed E-state index contributed by atoms with van der Waals surface area (Å²) in [5.74, 6) is -5.33. The molecule has 0 aliphatic heterocycles. The predicted octanol–water partition coefficient (Wildman–Crippen LogP) is -0.839. The highest BCUT2D eigenvalue weighted by atomic mass is 16.7. The van der Waals surface area contributed by atoms with E-state index in [-0.39, 0.29) is 5.57 Å². The maximum atomic E-state index is 11.2. The normalized spacial score (nSPS) is 11.8. The lowest BCUT2D eigenvalue weighted by Gasteiger charge is -2.05. The number of carbonyl (C=O) groups excluding carboxylic acids is 1. The first-order valence-electron chi connectivity index (χ1n) is 4.76. The van der Waals surface area contributed by atoms with E-state index < -0.39 is 36.0 Å². The quantitative estimate of drug-likeness (QED) is 0.343. The minimum absolute atomic E-state index is 0.223. The van der Waals surface area contributed by atoms with Gasteiger partial charge in [0.2, 0.25) is 0 Å². The van der Waals surface area contributed by atoms with Crippen molar-refractivity contribution in [1.29, 1.82) is 0 Å². The minimum atomic E-state index is -1.50. The number of rotatable bonds is 7. The SMILES string of the molecule is CC(=CC(=O)O)C(=O)ONCC(=CC(=O)O)C(=O)O. The van der Waals surface area contributed by atoms with Gasteiger partial charge < -0.3 is 20.2 Å². The summed E-state index contributed by atoms with van der Waals surface area (Å²) in [6, 6.07) is 0. The van der Waals surface area contributed by atoms with Gasteiger partial charge in [0.15, 0.2) is 0 Å². The Morgan fingerprint density at radius 1 is 1.05 bits per heavy atom. The monoisotopic (exact) mass is 273 g/mol. The van der Waals surface area contributed by atoms with Crippen LogP contribution in [0.25, 0.3) is 0 Å². The van der Waals surface area contributed by atoms with Gasteiger partial charge in [0.05, 0.1) is 12.1 Å². The molecule has 0 unspecified atom stereocenters. The standard InChI is InChI=1S/C10H11NO8/c1-5(2-7(12)13)10(18)19-11-4-6(9(16)17)3-8(14)15/h2-3,11H,4H2,1H3,(H,12,13)(H,14,15)(H,16,17). The highest BCUT2D eigenvalue weighted by Gasteiger charge is 2.12. The van der Waals surface area contributed by atoms with Gasteiger partial charge in [0, 0.05) is 17.7 Å². The van der Waals surface area contributed by atoms with Gasteiger partial charge in [-0.2, -0.15) is 0 Å². The minimum Gasteiger partial charge on any atom is -0.478 e. The fourth-order valence-electron chi connectivity index (χ4n) is 0.841. The van der Waals surface area contributed by atoms with E-state index in [1.54, 1.807) is 0 Å². The zero-order valence-corrected chi connectivity index (χ0v) is 9.74. The Morgan fingerprint density at radius 2 is 1.58 bits per heavy atom. The second-order valence-corrected chi connectivity index (χ2v) is 3.19. The van der Waals surface area contributed by atoms with Crippen molar-refractivity contribution in [3.63, 3.8) is 0 Å². The molecule has 0 radical (unpaired) electrons. The van der Waals surface area contributed by atoms with Gasteiger partial charge in [-0.05, 0) is 6.92 Å². The number of hydrogen-bond donors (Lipinski definition) is 4. The second-order valence-electron chi connectivity index (χ2n) is 3.19. The van der Waals surface area contributed by atoms with Gasteiger partial charge in [-0.15, -0.1) is 5.48 Å². The Labute approximate surface area is 106 Å². The lowest BCUT2D eigenvalue weighted by Crippen LogP contribution is -2.25. The van der Waals surface area contributed by atoms with Crippen molar-refractivity contribution in [3.05, 3.63) is 23.3 Å². The molecule has 9 heteroatoms. The van der Waals surface area contributed by atoms with E-state index in [4.69, 9.17) is 15.3 Å². The molecule has 0 atom stereocenters. The first-order valence-corrected chi connectivity index (χ1v) is 4.76. The molecule has 0 saturated carbocycles. The molecular weight excluding hydrogens is 262 g/mol. The smallest absolute Gasteiger partial charge is 0.352 e. The van der Waals surface area contributed by atoms with Crippen LogP contribution in [-0.4, -0.2) is 45.7 Å².